The van der Waals surface area contributed by atoms with Crippen molar-refractivity contribution in [2.75, 3.05) is 30.9 Å². The number of para-hydroxylation sites is 1. The second kappa shape index (κ2) is 9.63. The third-order valence-corrected chi connectivity index (χ3v) is 4.93. The molecule has 1 aromatic carbocycles. The van der Waals surface area contributed by atoms with Gasteiger partial charge >= 0.3 is 0 Å². The summed E-state index contributed by atoms with van der Waals surface area (Å²) in [7, 11) is 1.60. The molecule has 1 aromatic heterocycles. The number of carbonyl (C=O) groups is 2. The van der Waals surface area contributed by atoms with Gasteiger partial charge in [0.25, 0.3) is 5.22 Å². The molecule has 0 atom stereocenters. The van der Waals surface area contributed by atoms with Crippen molar-refractivity contribution in [1.29, 1.82) is 0 Å². The molecule has 140 valence electrons. The molecule has 0 aliphatic carbocycles. The van der Waals surface area contributed by atoms with E-state index in [1.807, 2.05) is 38.3 Å². The number of nitrogens with one attached hydrogen (secondary N) is 1. The van der Waals surface area contributed by atoms with Crippen molar-refractivity contribution in [2.45, 2.75) is 24.8 Å². The molecule has 9 heteroatoms. The fourth-order valence-electron chi connectivity index (χ4n) is 2.21. The second-order valence-corrected chi connectivity index (χ2v) is 7.54. The number of likely N-dealkylation sites (N-methyl/N-ethyl adjacent to an activating group) is 1. The lowest BCUT2D eigenvalue weighted by Gasteiger charge is -2.17. The highest BCUT2D eigenvalue weighted by molar-refractivity contribution is 7.99. The zero-order valence-electron chi connectivity index (χ0n) is 15.2. The Morgan fingerprint density at radius 2 is 1.92 bits per heavy atom. The molecular formula is C17H22N4O3S2. The zero-order valence-corrected chi connectivity index (χ0v) is 16.9. The van der Waals surface area contributed by atoms with Crippen LogP contribution >= 0.6 is 23.5 Å². The lowest BCUT2D eigenvalue weighted by atomic mass is 10.1. The molecule has 0 spiro atoms. The lowest BCUT2D eigenvalue weighted by Crippen LogP contribution is -2.36. The fraction of sp³-hybridized carbons (Fsp3) is 0.412. The van der Waals surface area contributed by atoms with E-state index in [0.29, 0.717) is 16.9 Å². The molecule has 0 saturated carbocycles. The number of rotatable bonds is 8. The molecule has 0 bridgehead atoms. The number of hydrogen-bond donors (Lipinski definition) is 1. The van der Waals surface area contributed by atoms with Crippen molar-refractivity contribution in [2.24, 2.45) is 0 Å². The van der Waals surface area contributed by atoms with Gasteiger partial charge in [0.2, 0.25) is 17.7 Å². The first kappa shape index (κ1) is 20.3. The van der Waals surface area contributed by atoms with E-state index in [1.54, 1.807) is 18.8 Å². The van der Waals surface area contributed by atoms with Crippen LogP contribution in [0, 0.1) is 13.8 Å². The van der Waals surface area contributed by atoms with Crippen molar-refractivity contribution < 1.29 is 14.0 Å². The third kappa shape index (κ3) is 5.77. The Hall–Kier alpha value is -2.00. The Morgan fingerprint density at radius 1 is 1.23 bits per heavy atom. The molecule has 1 heterocycles. The van der Waals surface area contributed by atoms with Crippen LogP contribution in [0.4, 0.5) is 5.69 Å². The van der Waals surface area contributed by atoms with Gasteiger partial charge in [-0.15, -0.1) is 10.2 Å². The topological polar surface area (TPSA) is 88.3 Å². The molecule has 0 radical (unpaired) electrons. The molecule has 0 fully saturated rings. The number of amides is 2. The van der Waals surface area contributed by atoms with Gasteiger partial charge in [-0.1, -0.05) is 30.0 Å². The summed E-state index contributed by atoms with van der Waals surface area (Å²) in [5.41, 5.74) is 2.76. The normalized spacial score (nSPS) is 10.6. The van der Waals surface area contributed by atoms with E-state index in [-0.39, 0.29) is 24.1 Å². The Morgan fingerprint density at radius 3 is 2.58 bits per heavy atom. The second-order valence-electron chi connectivity index (χ2n) is 5.75. The molecule has 0 unspecified atom stereocenters. The standard InChI is InChI=1S/C17H22N4O3S2/c1-11-6-5-7-12(2)16(11)18-13(22)8-21(3)15(23)10-26-17-20-19-14(24-17)9-25-4/h5-7H,8-10H2,1-4H3,(H,18,22). The molecule has 7 nitrogen and oxygen atoms in total. The smallest absolute Gasteiger partial charge is 0.277 e. The average Bonchev–Trinajstić information content (AvgIpc) is 3.04. The van der Waals surface area contributed by atoms with Crippen LogP contribution in [0.3, 0.4) is 0 Å². The Balaban J connectivity index is 1.83. The number of carbonyl (C=O) groups excluding carboxylic acids is 2. The number of aromatic nitrogens is 2. The summed E-state index contributed by atoms with van der Waals surface area (Å²) in [6.45, 7) is 3.85. The molecule has 1 N–H and O–H groups in total. The first-order chi connectivity index (χ1) is 12.4. The summed E-state index contributed by atoms with van der Waals surface area (Å²) in [5.74, 6) is 0.891. The number of anilines is 1. The maximum absolute atomic E-state index is 12.2. The van der Waals surface area contributed by atoms with E-state index in [4.69, 9.17) is 4.42 Å². The minimum Gasteiger partial charge on any atom is -0.415 e. The SMILES string of the molecule is CSCc1nnc(SCC(=O)N(C)CC(=O)Nc2c(C)cccc2C)o1. The Kier molecular flexibility index (Phi) is 7.52. The van der Waals surface area contributed by atoms with Gasteiger partial charge in [-0.3, -0.25) is 9.59 Å². The number of hydrogen-bond acceptors (Lipinski definition) is 7. The van der Waals surface area contributed by atoms with Gasteiger partial charge < -0.3 is 14.6 Å². The quantitative estimate of drug-likeness (QED) is 0.689. The van der Waals surface area contributed by atoms with Gasteiger partial charge in [0.15, 0.2) is 0 Å². The van der Waals surface area contributed by atoms with Crippen LogP contribution in [-0.4, -0.2) is 52.5 Å². The average molecular weight is 395 g/mol. The summed E-state index contributed by atoms with van der Waals surface area (Å²) < 4.78 is 5.41. The maximum Gasteiger partial charge on any atom is 0.277 e. The summed E-state index contributed by atoms with van der Waals surface area (Å²) in [6.07, 6.45) is 1.94. The third-order valence-electron chi connectivity index (χ3n) is 3.59. The van der Waals surface area contributed by atoms with Gasteiger partial charge in [-0.25, -0.2) is 0 Å². The summed E-state index contributed by atoms with van der Waals surface area (Å²) in [5, 5.41) is 11.0. The minimum absolute atomic E-state index is 0.0191. The molecule has 2 rings (SSSR count). The molecule has 26 heavy (non-hydrogen) atoms. The predicted octanol–water partition coefficient (Wildman–Crippen LogP) is 2.74. The van der Waals surface area contributed by atoms with Crippen molar-refractivity contribution >= 4 is 41.0 Å². The Bertz CT molecular complexity index is 759. The van der Waals surface area contributed by atoms with Gasteiger partial charge in [0, 0.05) is 12.7 Å². The van der Waals surface area contributed by atoms with Crippen molar-refractivity contribution in [3.8, 4) is 0 Å². The van der Waals surface area contributed by atoms with E-state index in [9.17, 15) is 9.59 Å². The van der Waals surface area contributed by atoms with E-state index in [0.717, 1.165) is 16.8 Å². The van der Waals surface area contributed by atoms with Crippen molar-refractivity contribution in [3.05, 3.63) is 35.2 Å². The highest BCUT2D eigenvalue weighted by Gasteiger charge is 2.16. The highest BCUT2D eigenvalue weighted by Crippen LogP contribution is 2.20. The minimum atomic E-state index is -0.233. The van der Waals surface area contributed by atoms with Gasteiger partial charge in [0.05, 0.1) is 18.1 Å². The van der Waals surface area contributed by atoms with Crippen LogP contribution in [0.2, 0.25) is 0 Å². The van der Waals surface area contributed by atoms with E-state index in [2.05, 4.69) is 15.5 Å². The fourth-order valence-corrected chi connectivity index (χ4v) is 3.29. The first-order valence-electron chi connectivity index (χ1n) is 7.95. The van der Waals surface area contributed by atoms with Crippen molar-refractivity contribution in [3.63, 3.8) is 0 Å². The van der Waals surface area contributed by atoms with Crippen LogP contribution in [0.5, 0.6) is 0 Å². The number of nitrogens with zero attached hydrogens (tertiary/aromatic N) is 3. The molecule has 2 aromatic rings. The molecule has 2 amide bonds. The highest BCUT2D eigenvalue weighted by atomic mass is 32.2. The van der Waals surface area contributed by atoms with Crippen LogP contribution < -0.4 is 5.32 Å². The van der Waals surface area contributed by atoms with Gasteiger partial charge in [-0.2, -0.15) is 11.8 Å². The van der Waals surface area contributed by atoms with E-state index in [1.165, 1.54) is 16.7 Å². The van der Waals surface area contributed by atoms with Crippen LogP contribution in [0.1, 0.15) is 17.0 Å². The predicted molar refractivity (Wildman–Crippen MR) is 104 cm³/mol. The Labute approximate surface area is 161 Å². The summed E-state index contributed by atoms with van der Waals surface area (Å²) in [4.78, 5) is 25.8. The molecular weight excluding hydrogens is 372 g/mol. The maximum atomic E-state index is 12.2. The monoisotopic (exact) mass is 394 g/mol. The number of aryl methyl sites for hydroxylation is 2. The van der Waals surface area contributed by atoms with E-state index < -0.39 is 0 Å². The summed E-state index contributed by atoms with van der Waals surface area (Å²) >= 11 is 2.75. The number of thioether (sulfide) groups is 2. The van der Waals surface area contributed by atoms with Crippen LogP contribution in [0.25, 0.3) is 0 Å². The largest absolute Gasteiger partial charge is 0.415 e. The van der Waals surface area contributed by atoms with Gasteiger partial charge in [-0.05, 0) is 31.2 Å². The molecule has 0 aliphatic rings. The lowest BCUT2D eigenvalue weighted by molar-refractivity contribution is -0.131. The molecule has 0 saturated heterocycles. The van der Waals surface area contributed by atoms with Crippen LogP contribution in [0.15, 0.2) is 27.8 Å². The first-order valence-corrected chi connectivity index (χ1v) is 10.3. The van der Waals surface area contributed by atoms with Gasteiger partial charge in [0.1, 0.15) is 0 Å². The van der Waals surface area contributed by atoms with Crippen LogP contribution in [-0.2, 0) is 15.3 Å². The summed E-state index contributed by atoms with van der Waals surface area (Å²) in [6, 6.07) is 5.81. The molecule has 0 aliphatic heterocycles. The van der Waals surface area contributed by atoms with E-state index >= 15 is 0 Å². The number of benzene rings is 1. The zero-order chi connectivity index (χ0) is 19.1. The van der Waals surface area contributed by atoms with Crippen molar-refractivity contribution in [1.82, 2.24) is 15.1 Å².